The normalized spacial score (nSPS) is 12.7. The SMILES string of the molecule is CC(C)(C)c1cc(-c2cc3cnc4cccc5oc(n2)c3c45)nc(C(C)(C)c2[c-]c(-c3[c-]cccc3)ccc2C(C)(C)C)c1.[Pt+2]. The Morgan fingerprint density at radius 2 is 1.49 bits per heavy atom. The monoisotopic (exact) mass is 770 g/mol. The molecule has 0 saturated heterocycles. The maximum Gasteiger partial charge on any atom is 2.00 e. The van der Waals surface area contributed by atoms with Gasteiger partial charge in [-0.1, -0.05) is 61.5 Å². The van der Waals surface area contributed by atoms with E-state index in [1.54, 1.807) is 0 Å². The van der Waals surface area contributed by atoms with Crippen molar-refractivity contribution in [3.8, 4) is 22.5 Å². The summed E-state index contributed by atoms with van der Waals surface area (Å²) in [5.74, 6) is 0. The Labute approximate surface area is 279 Å². The smallest absolute Gasteiger partial charge is 0.438 e. The molecular weight excluding hydrogens is 734 g/mol. The number of rotatable bonds is 4. The number of benzene rings is 3. The maximum atomic E-state index is 6.26. The van der Waals surface area contributed by atoms with E-state index >= 15 is 0 Å². The molecule has 0 unspecified atom stereocenters. The van der Waals surface area contributed by atoms with Crippen LogP contribution in [0.1, 0.15) is 77.8 Å². The van der Waals surface area contributed by atoms with Crippen LogP contribution in [-0.2, 0) is 37.3 Å². The molecule has 0 atom stereocenters. The second kappa shape index (κ2) is 10.9. The average molecular weight is 771 g/mol. The zero-order valence-electron chi connectivity index (χ0n) is 27.1. The van der Waals surface area contributed by atoms with Crippen molar-refractivity contribution in [2.45, 2.75) is 71.6 Å². The molecule has 7 rings (SSSR count). The number of hydrogen-bond donors (Lipinski definition) is 0. The summed E-state index contributed by atoms with van der Waals surface area (Å²) >= 11 is 0. The van der Waals surface area contributed by atoms with E-state index in [2.05, 4.69) is 104 Å². The second-order valence-electron chi connectivity index (χ2n) is 14.5. The minimum atomic E-state index is -0.461. The van der Waals surface area contributed by atoms with Crippen LogP contribution in [0.25, 0.3) is 55.5 Å². The zero-order chi connectivity index (χ0) is 31.0. The topological polar surface area (TPSA) is 51.8 Å². The average Bonchev–Trinajstić information content (AvgIpc) is 3.38. The molecule has 4 aromatic heterocycles. The first-order valence-electron chi connectivity index (χ1n) is 15.3. The van der Waals surface area contributed by atoms with Crippen LogP contribution in [0.5, 0.6) is 0 Å². The van der Waals surface area contributed by atoms with Gasteiger partial charge in [0.2, 0.25) is 5.71 Å². The molecule has 0 bridgehead atoms. The van der Waals surface area contributed by atoms with Crippen LogP contribution in [0.2, 0.25) is 0 Å². The van der Waals surface area contributed by atoms with Crippen LogP contribution < -0.4 is 0 Å². The number of hydrogen-bond acceptors (Lipinski definition) is 4. The van der Waals surface area contributed by atoms with E-state index in [1.807, 2.05) is 42.6 Å². The van der Waals surface area contributed by atoms with Gasteiger partial charge in [-0.2, -0.15) is 42.5 Å². The molecule has 228 valence electrons. The fourth-order valence-electron chi connectivity index (χ4n) is 6.18. The summed E-state index contributed by atoms with van der Waals surface area (Å²) in [6, 6.07) is 32.3. The molecule has 3 aromatic carbocycles. The Hall–Kier alpha value is -3.88. The predicted molar refractivity (Wildman–Crippen MR) is 180 cm³/mol. The molecule has 0 saturated carbocycles. The van der Waals surface area contributed by atoms with Crippen LogP contribution in [-0.4, -0.2) is 15.0 Å². The standard InChI is InChI=1S/C40H37N3O.Pt/c1-38(2,3)27-21-32(31-20-26-23-41-30-15-12-16-33-36(30)35(26)37(43-31)44-33)42-34(22-27)40(7,8)29-19-25(24-13-10-9-11-14-24)17-18-28(29)39(4,5)6;/h9-13,15-18,20-23H,1-8H3;/q-2;+2. The molecule has 7 aromatic rings. The molecule has 0 spiro atoms. The summed E-state index contributed by atoms with van der Waals surface area (Å²) in [5, 5.41) is 3.04. The van der Waals surface area contributed by atoms with Gasteiger partial charge in [-0.3, -0.25) is 9.97 Å². The molecule has 4 heterocycles. The van der Waals surface area contributed by atoms with Crippen molar-refractivity contribution in [1.82, 2.24) is 15.0 Å². The molecule has 0 aliphatic carbocycles. The van der Waals surface area contributed by atoms with Crippen LogP contribution in [0.3, 0.4) is 0 Å². The van der Waals surface area contributed by atoms with E-state index in [9.17, 15) is 0 Å². The quantitative estimate of drug-likeness (QED) is 0.132. The Bertz CT molecular complexity index is 2160. The van der Waals surface area contributed by atoms with Crippen LogP contribution in [0.15, 0.2) is 83.4 Å². The first-order chi connectivity index (χ1) is 20.8. The van der Waals surface area contributed by atoms with Gasteiger partial charge in [0, 0.05) is 22.7 Å². The molecule has 0 amide bonds. The summed E-state index contributed by atoms with van der Waals surface area (Å²) < 4.78 is 6.26. The summed E-state index contributed by atoms with van der Waals surface area (Å²) in [5.41, 5.74) is 9.93. The Morgan fingerprint density at radius 3 is 2.20 bits per heavy atom. The van der Waals surface area contributed by atoms with E-state index in [4.69, 9.17) is 19.4 Å². The Kier molecular flexibility index (Phi) is 7.52. The largest absolute Gasteiger partial charge is 2.00 e. The molecule has 45 heavy (non-hydrogen) atoms. The molecular formula is C40H37N3OPt. The van der Waals surface area contributed by atoms with Crippen molar-refractivity contribution in [1.29, 1.82) is 0 Å². The van der Waals surface area contributed by atoms with Crippen LogP contribution in [0.4, 0.5) is 0 Å². The fourth-order valence-corrected chi connectivity index (χ4v) is 6.18. The summed E-state index contributed by atoms with van der Waals surface area (Å²) in [6.45, 7) is 18.1. The predicted octanol–water partition coefficient (Wildman–Crippen LogP) is 10.2. The maximum absolute atomic E-state index is 6.26. The van der Waals surface area contributed by atoms with Crippen LogP contribution >= 0.6 is 0 Å². The van der Waals surface area contributed by atoms with Crippen molar-refractivity contribution in [3.05, 3.63) is 114 Å². The van der Waals surface area contributed by atoms with Gasteiger partial charge in [0.25, 0.3) is 0 Å². The molecule has 0 fully saturated rings. The van der Waals surface area contributed by atoms with Crippen molar-refractivity contribution in [2.24, 2.45) is 0 Å². The zero-order valence-corrected chi connectivity index (χ0v) is 29.3. The van der Waals surface area contributed by atoms with Crippen molar-refractivity contribution in [2.75, 3.05) is 0 Å². The second-order valence-corrected chi connectivity index (χ2v) is 14.5. The van der Waals surface area contributed by atoms with Gasteiger partial charge in [-0.25, -0.2) is 16.1 Å². The third kappa shape index (κ3) is 5.38. The van der Waals surface area contributed by atoms with Gasteiger partial charge in [0.1, 0.15) is 5.58 Å². The van der Waals surface area contributed by atoms with Gasteiger partial charge in [-0.15, -0.1) is 17.2 Å². The number of aromatic nitrogens is 3. The van der Waals surface area contributed by atoms with E-state index in [0.29, 0.717) is 5.71 Å². The fraction of sp³-hybridized carbons (Fsp3) is 0.275. The molecule has 4 nitrogen and oxygen atoms in total. The van der Waals surface area contributed by atoms with Gasteiger partial charge >= 0.3 is 21.1 Å². The first-order valence-corrected chi connectivity index (χ1v) is 15.3. The van der Waals surface area contributed by atoms with Gasteiger partial charge in [0.05, 0.1) is 27.7 Å². The summed E-state index contributed by atoms with van der Waals surface area (Å²) in [6.07, 6.45) is 1.92. The molecule has 0 aliphatic heterocycles. The van der Waals surface area contributed by atoms with Crippen LogP contribution in [0, 0.1) is 12.1 Å². The Balaban J connectivity index is 0.00000357. The molecule has 0 aliphatic rings. The number of pyridine rings is 3. The van der Waals surface area contributed by atoms with Gasteiger partial charge in [0.15, 0.2) is 0 Å². The summed E-state index contributed by atoms with van der Waals surface area (Å²) in [4.78, 5) is 15.1. The van der Waals surface area contributed by atoms with E-state index in [-0.39, 0.29) is 31.9 Å². The van der Waals surface area contributed by atoms with E-state index in [1.165, 1.54) is 11.1 Å². The third-order valence-electron chi connectivity index (χ3n) is 8.79. The molecule has 5 heteroatoms. The minimum absolute atomic E-state index is 0. The van der Waals surface area contributed by atoms with E-state index < -0.39 is 5.41 Å². The number of nitrogens with zero attached hydrogens (tertiary/aromatic N) is 3. The molecule has 0 radical (unpaired) electrons. The van der Waals surface area contributed by atoms with Crippen molar-refractivity contribution in [3.63, 3.8) is 0 Å². The van der Waals surface area contributed by atoms with Gasteiger partial charge in [-0.05, 0) is 46.7 Å². The van der Waals surface area contributed by atoms with Crippen molar-refractivity contribution < 1.29 is 25.5 Å². The van der Waals surface area contributed by atoms with Gasteiger partial charge < -0.3 is 4.42 Å². The first kappa shape index (κ1) is 31.1. The Morgan fingerprint density at radius 1 is 0.711 bits per heavy atom. The van der Waals surface area contributed by atoms with E-state index in [0.717, 1.165) is 61.0 Å². The minimum Gasteiger partial charge on any atom is -0.438 e. The van der Waals surface area contributed by atoms with Crippen molar-refractivity contribution >= 4 is 33.0 Å². The third-order valence-corrected chi connectivity index (χ3v) is 8.79. The summed E-state index contributed by atoms with van der Waals surface area (Å²) in [7, 11) is 0. The number of furan rings is 1. The molecule has 0 N–H and O–H groups in total.